The fraction of sp³-hybridized carbons (Fsp3) is 0.182. The van der Waals surface area contributed by atoms with Gasteiger partial charge in [-0.2, -0.15) is 4.98 Å². The first-order valence-corrected chi connectivity index (χ1v) is 11.5. The maximum Gasteiger partial charge on any atom is 0.355 e. The van der Waals surface area contributed by atoms with Crippen LogP contribution >= 0.6 is 22.9 Å². The van der Waals surface area contributed by atoms with Gasteiger partial charge in [-0.05, 0) is 23.8 Å². The average molecular weight is 538 g/mol. The normalized spacial score (nSPS) is 17.8. The van der Waals surface area contributed by atoms with Crippen molar-refractivity contribution >= 4 is 28.9 Å². The number of hydrazine groups is 1. The predicted molar refractivity (Wildman–Crippen MR) is 128 cm³/mol. The first kappa shape index (κ1) is 21.6. The molecule has 1 unspecified atom stereocenters. The van der Waals surface area contributed by atoms with Crippen LogP contribution < -0.4 is 22.1 Å². The molecule has 0 saturated heterocycles. The molecule has 1 aliphatic heterocycles. The Kier molecular flexibility index (Phi) is 5.64. The van der Waals surface area contributed by atoms with Crippen LogP contribution in [0.2, 0.25) is 0 Å². The van der Waals surface area contributed by atoms with Crippen LogP contribution in [0.25, 0.3) is 0 Å². The molecule has 0 amide bonds. The Morgan fingerprint density at radius 3 is 2.72 bits per heavy atom. The zero-order chi connectivity index (χ0) is 27.3. The van der Waals surface area contributed by atoms with Gasteiger partial charge in [0.25, 0.3) is 0 Å². The third-order valence-electron chi connectivity index (χ3n) is 5.44. The van der Waals surface area contributed by atoms with Gasteiger partial charge in [0, 0.05) is 30.2 Å². The van der Waals surface area contributed by atoms with E-state index < -0.39 is 41.9 Å². The van der Waals surface area contributed by atoms with Crippen molar-refractivity contribution in [2.24, 2.45) is 0 Å². The lowest BCUT2D eigenvalue weighted by Crippen LogP contribution is -2.43. The number of benzene rings is 1. The smallest absolute Gasteiger partial charge is 0.324 e. The van der Waals surface area contributed by atoms with E-state index in [0.29, 0.717) is 16.7 Å². The minimum Gasteiger partial charge on any atom is -0.324 e. The van der Waals surface area contributed by atoms with Crippen molar-refractivity contribution in [1.82, 2.24) is 29.5 Å². The summed E-state index contributed by atoms with van der Waals surface area (Å²) in [6.45, 7) is -1.11. The van der Waals surface area contributed by atoms with Crippen LogP contribution in [0, 0.1) is 17.5 Å². The molecule has 0 spiro atoms. The summed E-state index contributed by atoms with van der Waals surface area (Å²) in [5.74, 6) is -4.18. The summed E-state index contributed by atoms with van der Waals surface area (Å²) in [6, 6.07) is 0.757. The highest BCUT2D eigenvalue weighted by molar-refractivity contribution is 7.07. The van der Waals surface area contributed by atoms with Crippen LogP contribution in [0.3, 0.4) is 0 Å². The third-order valence-corrected chi connectivity index (χ3v) is 6.29. The van der Waals surface area contributed by atoms with Gasteiger partial charge >= 0.3 is 11.4 Å². The van der Waals surface area contributed by atoms with E-state index in [1.54, 1.807) is 30.4 Å². The minimum atomic E-state index is -1.40. The van der Waals surface area contributed by atoms with Gasteiger partial charge in [-0.3, -0.25) is 4.57 Å². The standard InChI is InChI=1S/C22H17ClF3N7O2S/c1-31-6-12-3-19(14(23)4-18(12)30-31)28-20-29-21(34)33(8-13-9-36-10-27-13)22(35)32(20)7-11-2-16(25)17(26)5-15(11)24/h2-6,9-10,18,30H,7-8H2,1H3,(H,28,29,34)/i9D,10D. The monoisotopic (exact) mass is 537 g/mol. The molecule has 2 aliphatic rings. The fourth-order valence-electron chi connectivity index (χ4n) is 3.74. The zero-order valence-corrected chi connectivity index (χ0v) is 19.9. The lowest BCUT2D eigenvalue weighted by Gasteiger charge is -2.21. The number of thiazole rings is 1. The summed E-state index contributed by atoms with van der Waals surface area (Å²) in [5, 5.41) is 4.66. The molecule has 1 aliphatic carbocycles. The molecule has 1 aromatic carbocycles. The largest absolute Gasteiger partial charge is 0.355 e. The highest BCUT2D eigenvalue weighted by Gasteiger charge is 2.26. The molecule has 1 atom stereocenters. The molecule has 3 aromatic rings. The number of hydrogen-bond donors (Lipinski definition) is 2. The van der Waals surface area contributed by atoms with Crippen molar-refractivity contribution in [2.75, 3.05) is 12.4 Å². The van der Waals surface area contributed by atoms with Gasteiger partial charge in [0.05, 0.1) is 43.8 Å². The van der Waals surface area contributed by atoms with Gasteiger partial charge in [0.2, 0.25) is 5.95 Å². The van der Waals surface area contributed by atoms with Crippen molar-refractivity contribution in [3.05, 3.63) is 107 Å². The summed E-state index contributed by atoms with van der Waals surface area (Å²) in [6.07, 6.45) is 5.16. The molecule has 0 saturated carbocycles. The van der Waals surface area contributed by atoms with Crippen LogP contribution in [0.5, 0.6) is 0 Å². The number of halogens is 4. The van der Waals surface area contributed by atoms with Gasteiger partial charge in [-0.25, -0.2) is 37.7 Å². The summed E-state index contributed by atoms with van der Waals surface area (Å²) < 4.78 is 58.9. The molecule has 0 fully saturated rings. The van der Waals surface area contributed by atoms with Crippen LogP contribution in [-0.2, 0) is 13.1 Å². The Morgan fingerprint density at radius 1 is 1.19 bits per heavy atom. The van der Waals surface area contributed by atoms with E-state index >= 15 is 0 Å². The van der Waals surface area contributed by atoms with E-state index in [9.17, 15) is 22.8 Å². The average Bonchev–Trinajstić information content (AvgIpc) is 3.36. The van der Waals surface area contributed by atoms with E-state index in [1.165, 1.54) is 0 Å². The number of allylic oxidation sites excluding steroid dienone is 1. The van der Waals surface area contributed by atoms with Crippen LogP contribution in [-0.4, -0.2) is 37.2 Å². The molecule has 2 aromatic heterocycles. The molecule has 2 N–H and O–H groups in total. The first-order chi connectivity index (χ1) is 18.0. The third kappa shape index (κ3) is 4.59. The number of anilines is 1. The van der Waals surface area contributed by atoms with Gasteiger partial charge in [-0.15, -0.1) is 11.3 Å². The summed E-state index contributed by atoms with van der Waals surface area (Å²) >= 11 is 7.15. The molecule has 14 heteroatoms. The van der Waals surface area contributed by atoms with E-state index in [0.717, 1.165) is 21.5 Å². The Morgan fingerprint density at radius 2 is 1.97 bits per heavy atom. The number of rotatable bonds is 6. The van der Waals surface area contributed by atoms with Gasteiger partial charge in [0.1, 0.15) is 5.82 Å². The van der Waals surface area contributed by atoms with Crippen molar-refractivity contribution < 1.29 is 15.9 Å². The first-order valence-electron chi connectivity index (χ1n) is 11.3. The number of nitrogens with zero attached hydrogens (tertiary/aromatic N) is 5. The van der Waals surface area contributed by atoms with Gasteiger partial charge < -0.3 is 10.3 Å². The second-order valence-corrected chi connectivity index (χ2v) is 8.93. The van der Waals surface area contributed by atoms with E-state index in [1.807, 2.05) is 0 Å². The molecular formula is C22H17ClF3N7O2S. The highest BCUT2D eigenvalue weighted by Crippen LogP contribution is 2.29. The molecular weight excluding hydrogens is 519 g/mol. The van der Waals surface area contributed by atoms with Crippen molar-refractivity contribution in [3.63, 3.8) is 0 Å². The Hall–Kier alpha value is -3.68. The number of hydrogen-bond acceptors (Lipinski definition) is 8. The van der Waals surface area contributed by atoms with Crippen LogP contribution in [0.1, 0.15) is 14.0 Å². The Labute approximate surface area is 213 Å². The molecule has 0 bridgehead atoms. The van der Waals surface area contributed by atoms with Crippen molar-refractivity contribution in [2.45, 2.75) is 19.1 Å². The topological polar surface area (TPSA) is 97.1 Å². The summed E-state index contributed by atoms with van der Waals surface area (Å²) in [5.41, 5.74) is 1.63. The lowest BCUT2D eigenvalue weighted by atomic mass is 10.0. The molecule has 5 rings (SSSR count). The van der Waals surface area contributed by atoms with E-state index in [-0.39, 0.29) is 44.8 Å². The van der Waals surface area contributed by atoms with Crippen LogP contribution in [0.4, 0.5) is 19.1 Å². The summed E-state index contributed by atoms with van der Waals surface area (Å²) in [7, 11) is 1.79. The van der Waals surface area contributed by atoms with Gasteiger partial charge in [0.15, 0.2) is 11.6 Å². The molecule has 186 valence electrons. The fourth-order valence-corrected chi connectivity index (χ4v) is 4.40. The van der Waals surface area contributed by atoms with Gasteiger partial charge in [-0.1, -0.05) is 11.6 Å². The highest BCUT2D eigenvalue weighted by atomic mass is 35.5. The van der Waals surface area contributed by atoms with Crippen molar-refractivity contribution in [1.29, 1.82) is 0 Å². The molecule has 0 radical (unpaired) electrons. The lowest BCUT2D eigenvalue weighted by molar-refractivity contribution is 0.349. The second kappa shape index (κ2) is 9.41. The van der Waals surface area contributed by atoms with Crippen molar-refractivity contribution in [3.8, 4) is 0 Å². The minimum absolute atomic E-state index is 0.0101. The number of fused-ring (bicyclic) bond motifs is 1. The summed E-state index contributed by atoms with van der Waals surface area (Å²) in [4.78, 5) is 34.1. The van der Waals surface area contributed by atoms with Crippen LogP contribution in [0.15, 0.2) is 67.2 Å². The second-order valence-electron chi connectivity index (χ2n) is 7.93. The van der Waals surface area contributed by atoms with E-state index in [4.69, 9.17) is 14.3 Å². The van der Waals surface area contributed by atoms with E-state index in [2.05, 4.69) is 20.7 Å². The molecule has 9 nitrogen and oxygen atoms in total. The predicted octanol–water partition coefficient (Wildman–Crippen LogP) is 2.51. The number of nitrogens with one attached hydrogen (secondary N) is 2. The SMILES string of the molecule is [2H]c1nc(Cn2c(=O)nc(NC3=CC4=CN(C)NC4C=C3Cl)n(Cc3cc(F)c(F)cc3F)c2=O)c([2H])s1. The molecule has 3 heterocycles. The maximum atomic E-state index is 14.5. The maximum absolute atomic E-state index is 14.5. The molecule has 36 heavy (non-hydrogen) atoms. The number of aromatic nitrogens is 4. The zero-order valence-electron chi connectivity index (χ0n) is 20.4. The quantitative estimate of drug-likeness (QED) is 0.466. The Bertz CT molecular complexity index is 1680. The Balaban J connectivity index is 1.61.